The van der Waals surface area contributed by atoms with E-state index in [4.69, 9.17) is 5.73 Å². The van der Waals surface area contributed by atoms with Crippen LogP contribution in [0.25, 0.3) is 0 Å². The van der Waals surface area contributed by atoms with Crippen LogP contribution in [0.2, 0.25) is 0 Å². The summed E-state index contributed by atoms with van der Waals surface area (Å²) < 4.78 is 0.702. The van der Waals surface area contributed by atoms with Crippen molar-refractivity contribution in [3.05, 3.63) is 28.2 Å². The molecule has 1 aliphatic heterocycles. The van der Waals surface area contributed by atoms with Gasteiger partial charge in [0.1, 0.15) is 0 Å². The fraction of sp³-hybridized carbons (Fsp3) is 0.333. The second-order valence-corrected chi connectivity index (χ2v) is 5.15. The second-order valence-electron chi connectivity index (χ2n) is 4.23. The molecule has 5 nitrogen and oxygen atoms in total. The van der Waals surface area contributed by atoms with Crippen LogP contribution >= 0.6 is 15.9 Å². The van der Waals surface area contributed by atoms with Gasteiger partial charge in [0.15, 0.2) is 0 Å². The summed E-state index contributed by atoms with van der Waals surface area (Å²) in [5.41, 5.74) is 6.15. The van der Waals surface area contributed by atoms with Crippen LogP contribution in [0.1, 0.15) is 23.2 Å². The van der Waals surface area contributed by atoms with E-state index in [1.54, 1.807) is 18.2 Å². The van der Waals surface area contributed by atoms with Gasteiger partial charge in [0.25, 0.3) is 0 Å². The summed E-state index contributed by atoms with van der Waals surface area (Å²) in [5, 5.41) is 5.89. The van der Waals surface area contributed by atoms with Crippen molar-refractivity contribution in [2.45, 2.75) is 18.9 Å². The average molecular weight is 312 g/mol. The number of primary amides is 1. The molecule has 1 atom stereocenters. The van der Waals surface area contributed by atoms with Gasteiger partial charge in [-0.2, -0.15) is 0 Å². The smallest absolute Gasteiger partial charge is 0.248 e. The number of rotatable bonds is 3. The number of carbonyl (C=O) groups is 2. The zero-order valence-corrected chi connectivity index (χ0v) is 11.3. The number of nitrogens with one attached hydrogen (secondary N) is 2. The van der Waals surface area contributed by atoms with Crippen molar-refractivity contribution < 1.29 is 9.59 Å². The van der Waals surface area contributed by atoms with E-state index < -0.39 is 5.91 Å². The standard InChI is InChI=1S/C12H14BrN3O2/c13-8-4-7(11(14)17)5-9(6-8)16-12(18)10-2-1-3-15-10/h4-6,10,15H,1-3H2,(H2,14,17)(H,16,18). The van der Waals surface area contributed by atoms with Crippen LogP contribution in [0.3, 0.4) is 0 Å². The molecule has 0 aromatic heterocycles. The molecule has 2 amide bonds. The van der Waals surface area contributed by atoms with E-state index in [-0.39, 0.29) is 11.9 Å². The van der Waals surface area contributed by atoms with Gasteiger partial charge in [-0.3, -0.25) is 9.59 Å². The topological polar surface area (TPSA) is 84.2 Å². The lowest BCUT2D eigenvalue weighted by molar-refractivity contribution is -0.117. The summed E-state index contributed by atoms with van der Waals surface area (Å²) in [4.78, 5) is 23.0. The molecule has 4 N–H and O–H groups in total. The lowest BCUT2D eigenvalue weighted by atomic mass is 10.1. The molecule has 96 valence electrons. The first-order chi connectivity index (χ1) is 8.56. The Bertz CT molecular complexity index is 484. The predicted molar refractivity (Wildman–Crippen MR) is 72.3 cm³/mol. The highest BCUT2D eigenvalue weighted by Crippen LogP contribution is 2.20. The maximum absolute atomic E-state index is 11.9. The molecule has 6 heteroatoms. The SMILES string of the molecule is NC(=O)c1cc(Br)cc(NC(=O)C2CCCN2)c1. The normalized spacial score (nSPS) is 18.6. The Morgan fingerprint density at radius 3 is 2.78 bits per heavy atom. The maximum Gasteiger partial charge on any atom is 0.248 e. The maximum atomic E-state index is 11.9. The van der Waals surface area contributed by atoms with Crippen molar-refractivity contribution in [2.24, 2.45) is 5.73 Å². The van der Waals surface area contributed by atoms with Crippen molar-refractivity contribution in [2.75, 3.05) is 11.9 Å². The van der Waals surface area contributed by atoms with Gasteiger partial charge in [-0.15, -0.1) is 0 Å². The van der Waals surface area contributed by atoms with E-state index in [1.165, 1.54) is 0 Å². The number of anilines is 1. The number of benzene rings is 1. The van der Waals surface area contributed by atoms with Crippen LogP contribution in [0.15, 0.2) is 22.7 Å². The molecule has 0 radical (unpaired) electrons. The average Bonchev–Trinajstić information content (AvgIpc) is 2.81. The van der Waals surface area contributed by atoms with Crippen LogP contribution in [-0.4, -0.2) is 24.4 Å². The molecule has 1 saturated heterocycles. The minimum Gasteiger partial charge on any atom is -0.366 e. The number of carbonyl (C=O) groups excluding carboxylic acids is 2. The Kier molecular flexibility index (Phi) is 3.98. The third-order valence-corrected chi connectivity index (χ3v) is 3.28. The zero-order chi connectivity index (χ0) is 13.1. The summed E-state index contributed by atoms with van der Waals surface area (Å²) in [5.74, 6) is -0.605. The van der Waals surface area contributed by atoms with Gasteiger partial charge < -0.3 is 16.4 Å². The van der Waals surface area contributed by atoms with Crippen LogP contribution in [-0.2, 0) is 4.79 Å². The fourth-order valence-electron chi connectivity index (χ4n) is 1.94. The largest absolute Gasteiger partial charge is 0.366 e. The first-order valence-corrected chi connectivity index (χ1v) is 6.50. The monoisotopic (exact) mass is 311 g/mol. The first kappa shape index (κ1) is 13.0. The van der Waals surface area contributed by atoms with E-state index in [0.717, 1.165) is 19.4 Å². The number of hydrogen-bond donors (Lipinski definition) is 3. The molecular weight excluding hydrogens is 298 g/mol. The molecule has 0 spiro atoms. The lowest BCUT2D eigenvalue weighted by Crippen LogP contribution is -2.35. The molecule has 0 aliphatic carbocycles. The molecule has 0 saturated carbocycles. The quantitative estimate of drug-likeness (QED) is 0.785. The van der Waals surface area contributed by atoms with Crippen molar-refractivity contribution in [1.29, 1.82) is 0 Å². The molecule has 1 aromatic carbocycles. The Labute approximate surface area is 113 Å². The number of amides is 2. The number of nitrogens with two attached hydrogens (primary N) is 1. The van der Waals surface area contributed by atoms with Crippen molar-refractivity contribution in [3.63, 3.8) is 0 Å². The highest BCUT2D eigenvalue weighted by atomic mass is 79.9. The summed E-state index contributed by atoms with van der Waals surface area (Å²) in [7, 11) is 0. The predicted octanol–water partition coefficient (Wildman–Crippen LogP) is 1.24. The molecule has 1 aromatic rings. The van der Waals surface area contributed by atoms with E-state index in [9.17, 15) is 9.59 Å². The summed E-state index contributed by atoms with van der Waals surface area (Å²) >= 11 is 3.28. The fourth-order valence-corrected chi connectivity index (χ4v) is 2.44. The van der Waals surface area contributed by atoms with Crippen molar-refractivity contribution in [3.8, 4) is 0 Å². The van der Waals surface area contributed by atoms with E-state index >= 15 is 0 Å². The molecule has 1 aliphatic rings. The molecule has 1 fully saturated rings. The molecule has 1 unspecified atom stereocenters. The first-order valence-electron chi connectivity index (χ1n) is 5.71. The van der Waals surface area contributed by atoms with Gasteiger partial charge in [0.05, 0.1) is 6.04 Å². The summed E-state index contributed by atoms with van der Waals surface area (Å²) in [6, 6.07) is 4.77. The number of hydrogen-bond acceptors (Lipinski definition) is 3. The summed E-state index contributed by atoms with van der Waals surface area (Å²) in [6.45, 7) is 0.864. The molecule has 0 bridgehead atoms. The zero-order valence-electron chi connectivity index (χ0n) is 9.70. The van der Waals surface area contributed by atoms with Gasteiger partial charge in [0.2, 0.25) is 11.8 Å². The minimum atomic E-state index is -0.522. The van der Waals surface area contributed by atoms with E-state index in [2.05, 4.69) is 26.6 Å². The van der Waals surface area contributed by atoms with Gasteiger partial charge in [-0.1, -0.05) is 15.9 Å². The Morgan fingerprint density at radius 1 is 1.39 bits per heavy atom. The van der Waals surface area contributed by atoms with E-state index in [0.29, 0.717) is 15.7 Å². The van der Waals surface area contributed by atoms with Crippen LogP contribution in [0.5, 0.6) is 0 Å². The second kappa shape index (κ2) is 5.49. The van der Waals surface area contributed by atoms with E-state index in [1.807, 2.05) is 0 Å². The molecule has 18 heavy (non-hydrogen) atoms. The lowest BCUT2D eigenvalue weighted by Gasteiger charge is -2.12. The van der Waals surface area contributed by atoms with Gasteiger partial charge >= 0.3 is 0 Å². The Morgan fingerprint density at radius 2 is 2.17 bits per heavy atom. The minimum absolute atomic E-state index is 0.0824. The Balaban J connectivity index is 2.13. The van der Waals surface area contributed by atoms with Crippen molar-refractivity contribution >= 4 is 33.4 Å². The van der Waals surface area contributed by atoms with Crippen LogP contribution in [0.4, 0.5) is 5.69 Å². The third-order valence-electron chi connectivity index (χ3n) is 2.83. The van der Waals surface area contributed by atoms with Gasteiger partial charge in [-0.25, -0.2) is 0 Å². The molecule has 2 rings (SSSR count). The third kappa shape index (κ3) is 3.08. The highest BCUT2D eigenvalue weighted by molar-refractivity contribution is 9.10. The van der Waals surface area contributed by atoms with Crippen LogP contribution in [0, 0.1) is 0 Å². The summed E-state index contributed by atoms with van der Waals surface area (Å²) in [6.07, 6.45) is 1.84. The number of halogens is 1. The Hall–Kier alpha value is -1.40. The van der Waals surface area contributed by atoms with Crippen molar-refractivity contribution in [1.82, 2.24) is 5.32 Å². The molecule has 1 heterocycles. The van der Waals surface area contributed by atoms with Crippen LogP contribution < -0.4 is 16.4 Å². The molecular formula is C12H14BrN3O2. The highest BCUT2D eigenvalue weighted by Gasteiger charge is 2.22. The van der Waals surface area contributed by atoms with Gasteiger partial charge in [0, 0.05) is 15.7 Å². The van der Waals surface area contributed by atoms with Gasteiger partial charge in [-0.05, 0) is 37.6 Å².